The van der Waals surface area contributed by atoms with Crippen molar-refractivity contribution in [2.24, 2.45) is 5.41 Å². The fourth-order valence-corrected chi connectivity index (χ4v) is 3.32. The number of aliphatic carboxylic acids is 1. The van der Waals surface area contributed by atoms with Gasteiger partial charge in [-0.15, -0.1) is 0 Å². The number of hydrogen-bond acceptors (Lipinski definition) is 3. The summed E-state index contributed by atoms with van der Waals surface area (Å²) in [7, 11) is 0. The van der Waals surface area contributed by atoms with Gasteiger partial charge in [0.05, 0.1) is 0 Å². The Morgan fingerprint density at radius 3 is 2.00 bits per heavy atom. The van der Waals surface area contributed by atoms with Crippen LogP contribution in [0.15, 0.2) is 0 Å². The highest BCUT2D eigenvalue weighted by Gasteiger charge is 2.69. The molecule has 0 aromatic heterocycles. The molecule has 0 saturated heterocycles. The van der Waals surface area contributed by atoms with Crippen LogP contribution in [-0.2, 0) is 9.53 Å². The zero-order valence-electron chi connectivity index (χ0n) is 11.8. The predicted octanol–water partition coefficient (Wildman–Crippen LogP) is 2.54. The molecule has 114 valence electrons. The Morgan fingerprint density at radius 1 is 1.15 bits per heavy atom. The Hall–Kier alpha value is -1.40. The van der Waals surface area contributed by atoms with Gasteiger partial charge in [0.15, 0.2) is 0 Å². The van der Waals surface area contributed by atoms with Gasteiger partial charge in [-0.3, -0.25) is 0 Å². The topological polar surface area (TPSA) is 75.6 Å². The number of amides is 1. The average molecular weight is 291 g/mol. The quantitative estimate of drug-likeness (QED) is 0.819. The molecule has 1 spiro atoms. The fraction of sp³-hybridized carbons (Fsp3) is 0.846. The number of hydrogen-bond donors (Lipinski definition) is 2. The van der Waals surface area contributed by atoms with Crippen molar-refractivity contribution < 1.29 is 28.2 Å². The summed E-state index contributed by atoms with van der Waals surface area (Å²) in [5, 5.41) is 11.6. The van der Waals surface area contributed by atoms with Crippen LogP contribution in [0.2, 0.25) is 0 Å². The van der Waals surface area contributed by atoms with Crippen molar-refractivity contribution in [1.29, 1.82) is 0 Å². The van der Waals surface area contributed by atoms with Gasteiger partial charge in [-0.1, -0.05) is 0 Å². The maximum atomic E-state index is 12.9. The molecule has 2 saturated carbocycles. The minimum absolute atomic E-state index is 0.0319. The molecule has 0 atom stereocenters. The second kappa shape index (κ2) is 4.05. The third kappa shape index (κ3) is 2.71. The summed E-state index contributed by atoms with van der Waals surface area (Å²) in [4.78, 5) is 23.0. The van der Waals surface area contributed by atoms with Gasteiger partial charge < -0.3 is 15.2 Å². The number of nitrogens with one attached hydrogen (secondary N) is 1. The third-order valence-corrected chi connectivity index (χ3v) is 3.77. The number of alkyl carbamates (subject to hydrolysis) is 1. The van der Waals surface area contributed by atoms with Crippen LogP contribution in [0, 0.1) is 5.41 Å². The number of carboxylic acid groups (broad SMARTS) is 1. The monoisotopic (exact) mass is 291 g/mol. The van der Waals surface area contributed by atoms with Gasteiger partial charge in [0, 0.05) is 12.8 Å². The molecule has 0 radical (unpaired) electrons. The van der Waals surface area contributed by atoms with E-state index in [4.69, 9.17) is 4.74 Å². The number of rotatable bonds is 2. The predicted molar refractivity (Wildman–Crippen MR) is 65.6 cm³/mol. The molecule has 0 unspecified atom stereocenters. The second-order valence-corrected chi connectivity index (χ2v) is 7.08. The molecule has 7 heteroatoms. The van der Waals surface area contributed by atoms with Crippen molar-refractivity contribution in [1.82, 2.24) is 5.32 Å². The lowest BCUT2D eigenvalue weighted by Gasteiger charge is -2.61. The van der Waals surface area contributed by atoms with E-state index < -0.39 is 34.5 Å². The van der Waals surface area contributed by atoms with E-state index in [9.17, 15) is 23.5 Å². The first-order valence-electron chi connectivity index (χ1n) is 6.50. The summed E-state index contributed by atoms with van der Waals surface area (Å²) < 4.78 is 30.9. The first kappa shape index (κ1) is 15.0. The lowest BCUT2D eigenvalue weighted by Crippen LogP contribution is -2.71. The van der Waals surface area contributed by atoms with Crippen LogP contribution < -0.4 is 5.32 Å². The molecule has 2 aliphatic carbocycles. The summed E-state index contributed by atoms with van der Waals surface area (Å²) in [6.45, 7) is 4.98. The Morgan fingerprint density at radius 2 is 1.65 bits per heavy atom. The van der Waals surface area contributed by atoms with Gasteiger partial charge in [0.2, 0.25) is 5.92 Å². The SMILES string of the molecule is CC(C)(C)OC(=O)NC1(C(=O)O)CC2(CC(F)(F)C2)C1. The van der Waals surface area contributed by atoms with Crippen LogP contribution >= 0.6 is 0 Å². The zero-order valence-corrected chi connectivity index (χ0v) is 11.8. The molecule has 5 nitrogen and oxygen atoms in total. The van der Waals surface area contributed by atoms with Crippen molar-refractivity contribution >= 4 is 12.1 Å². The highest BCUT2D eigenvalue weighted by atomic mass is 19.3. The molecule has 2 fully saturated rings. The Labute approximate surface area is 115 Å². The lowest BCUT2D eigenvalue weighted by molar-refractivity contribution is -0.221. The van der Waals surface area contributed by atoms with Crippen LogP contribution in [0.4, 0.5) is 13.6 Å². The minimum Gasteiger partial charge on any atom is -0.480 e. The van der Waals surface area contributed by atoms with Gasteiger partial charge >= 0.3 is 12.1 Å². The van der Waals surface area contributed by atoms with Crippen LogP contribution in [-0.4, -0.2) is 34.2 Å². The Bertz CT molecular complexity index is 440. The van der Waals surface area contributed by atoms with Crippen molar-refractivity contribution in [2.45, 2.75) is 63.5 Å². The molecule has 2 aliphatic rings. The van der Waals surface area contributed by atoms with Gasteiger partial charge in [-0.25, -0.2) is 18.4 Å². The maximum Gasteiger partial charge on any atom is 0.408 e. The van der Waals surface area contributed by atoms with Gasteiger partial charge in [-0.2, -0.15) is 0 Å². The van der Waals surface area contributed by atoms with Gasteiger partial charge in [0.25, 0.3) is 0 Å². The number of carbonyl (C=O) groups is 2. The van der Waals surface area contributed by atoms with E-state index in [0.29, 0.717) is 0 Å². The van der Waals surface area contributed by atoms with E-state index in [1.165, 1.54) is 0 Å². The van der Waals surface area contributed by atoms with Crippen molar-refractivity contribution in [2.75, 3.05) is 0 Å². The zero-order chi connectivity index (χ0) is 15.4. The van der Waals surface area contributed by atoms with Crippen molar-refractivity contribution in [3.63, 3.8) is 0 Å². The number of alkyl halides is 2. The van der Waals surface area contributed by atoms with Gasteiger partial charge in [-0.05, 0) is 39.0 Å². The normalized spacial score (nSPS) is 25.2. The van der Waals surface area contributed by atoms with E-state index >= 15 is 0 Å². The lowest BCUT2D eigenvalue weighted by atomic mass is 9.47. The molecule has 0 aliphatic heterocycles. The molecular weight excluding hydrogens is 272 g/mol. The molecule has 0 heterocycles. The first-order chi connectivity index (χ1) is 8.87. The van der Waals surface area contributed by atoms with E-state index in [0.717, 1.165) is 0 Å². The molecular formula is C13H19F2NO4. The van der Waals surface area contributed by atoms with Crippen LogP contribution in [0.1, 0.15) is 46.5 Å². The molecule has 20 heavy (non-hydrogen) atoms. The largest absolute Gasteiger partial charge is 0.480 e. The number of carboxylic acids is 1. The van der Waals surface area contributed by atoms with Crippen LogP contribution in [0.3, 0.4) is 0 Å². The third-order valence-electron chi connectivity index (χ3n) is 3.77. The van der Waals surface area contributed by atoms with E-state index in [2.05, 4.69) is 5.32 Å². The van der Waals surface area contributed by atoms with Crippen LogP contribution in [0.5, 0.6) is 0 Å². The second-order valence-electron chi connectivity index (χ2n) is 7.08. The van der Waals surface area contributed by atoms with Crippen molar-refractivity contribution in [3.8, 4) is 0 Å². The fourth-order valence-electron chi connectivity index (χ4n) is 3.32. The van der Waals surface area contributed by atoms with Crippen molar-refractivity contribution in [3.05, 3.63) is 0 Å². The smallest absolute Gasteiger partial charge is 0.408 e. The molecule has 0 aromatic carbocycles. The van der Waals surface area contributed by atoms with Crippen LogP contribution in [0.25, 0.3) is 0 Å². The molecule has 2 N–H and O–H groups in total. The molecule has 0 aromatic rings. The summed E-state index contributed by atoms with van der Waals surface area (Å²) in [5.41, 5.74) is -2.86. The Kier molecular flexibility index (Phi) is 3.04. The summed E-state index contributed by atoms with van der Waals surface area (Å²) in [6, 6.07) is 0. The minimum atomic E-state index is -2.70. The summed E-state index contributed by atoms with van der Waals surface area (Å²) >= 11 is 0. The molecule has 0 bridgehead atoms. The standard InChI is InChI=1S/C13H19F2NO4/c1-10(2,3)20-9(19)16-12(8(17)18)4-11(5-12)6-13(14,15)7-11/h4-7H2,1-3H3,(H,16,19)(H,17,18). The molecule has 2 rings (SSSR count). The van der Waals surface area contributed by atoms with E-state index in [1.807, 2.05) is 0 Å². The van der Waals surface area contributed by atoms with E-state index in [-0.39, 0.29) is 25.7 Å². The number of carbonyl (C=O) groups excluding carboxylic acids is 1. The highest BCUT2D eigenvalue weighted by molar-refractivity contribution is 5.86. The highest BCUT2D eigenvalue weighted by Crippen LogP contribution is 2.65. The first-order valence-corrected chi connectivity index (χ1v) is 6.50. The summed E-state index contributed by atoms with van der Waals surface area (Å²) in [6.07, 6.45) is -1.37. The van der Waals surface area contributed by atoms with E-state index in [1.54, 1.807) is 20.8 Å². The summed E-state index contributed by atoms with van der Waals surface area (Å²) in [5.74, 6) is -3.90. The van der Waals surface area contributed by atoms with Gasteiger partial charge in [0.1, 0.15) is 11.1 Å². The Balaban J connectivity index is 1.97. The average Bonchev–Trinajstić information content (AvgIpc) is 2.07. The molecule has 1 amide bonds. The maximum absolute atomic E-state index is 12.9. The number of ether oxygens (including phenoxy) is 1. The number of halogens is 2.